The molecule has 4 heteroatoms. The minimum atomic E-state index is -0.374. The first-order valence-electron chi connectivity index (χ1n) is 4.75. The van der Waals surface area contributed by atoms with Crippen LogP contribution < -0.4 is 0 Å². The first kappa shape index (κ1) is 11.4. The quantitative estimate of drug-likeness (QED) is 0.548. The maximum atomic E-state index is 11.0. The Labute approximate surface area is 88.1 Å². The van der Waals surface area contributed by atoms with Crippen molar-refractivity contribution in [1.29, 1.82) is 0 Å². The van der Waals surface area contributed by atoms with E-state index in [1.165, 1.54) is 6.92 Å². The molecule has 1 aromatic carbocycles. The van der Waals surface area contributed by atoms with Gasteiger partial charge < -0.3 is 4.79 Å². The molecule has 0 heterocycles. The van der Waals surface area contributed by atoms with Crippen molar-refractivity contribution in [2.45, 2.75) is 19.3 Å². The third kappa shape index (κ3) is 3.89. The molecular weight excluding hydrogens is 194 g/mol. The van der Waals surface area contributed by atoms with Gasteiger partial charge in [0.25, 0.3) is 0 Å². The van der Waals surface area contributed by atoms with Gasteiger partial charge in [0.2, 0.25) is 6.54 Å². The number of Topliss-reactive ketones (excluding diaryl/α,β-unsaturated/α-hetero) is 1. The molecule has 0 aromatic heterocycles. The molecule has 0 saturated heterocycles. The Hall–Kier alpha value is -1.71. The molecule has 1 aromatic rings. The highest BCUT2D eigenvalue weighted by atomic mass is 16.6. The molecule has 0 spiro atoms. The van der Waals surface area contributed by atoms with E-state index in [2.05, 4.69) is 0 Å². The van der Waals surface area contributed by atoms with Crippen molar-refractivity contribution in [3.63, 3.8) is 0 Å². The number of hydrogen-bond acceptors (Lipinski definition) is 3. The summed E-state index contributed by atoms with van der Waals surface area (Å²) in [5, 5.41) is 10.5. The van der Waals surface area contributed by atoms with Crippen LogP contribution in [0.1, 0.15) is 24.8 Å². The Balaban J connectivity index is 2.81. The molecule has 4 nitrogen and oxygen atoms in total. The van der Waals surface area contributed by atoms with Gasteiger partial charge in [-0.3, -0.25) is 10.1 Å². The zero-order chi connectivity index (χ0) is 11.3. The van der Waals surface area contributed by atoms with Crippen LogP contribution in [0.15, 0.2) is 30.3 Å². The Bertz CT molecular complexity index is 332. The van der Waals surface area contributed by atoms with Crippen molar-refractivity contribution in [3.8, 4) is 0 Å². The number of carbonyl (C=O) groups excluding carboxylic acids is 1. The minimum Gasteiger partial charge on any atom is -0.300 e. The lowest BCUT2D eigenvalue weighted by atomic mass is 9.94. The Morgan fingerprint density at radius 2 is 2.00 bits per heavy atom. The van der Waals surface area contributed by atoms with Gasteiger partial charge in [-0.25, -0.2) is 0 Å². The minimum absolute atomic E-state index is 0.0225. The van der Waals surface area contributed by atoms with Crippen molar-refractivity contribution < 1.29 is 9.72 Å². The molecule has 0 aliphatic carbocycles. The molecule has 0 amide bonds. The second kappa shape index (κ2) is 5.24. The summed E-state index contributed by atoms with van der Waals surface area (Å²) in [6, 6.07) is 9.12. The van der Waals surface area contributed by atoms with E-state index in [0.717, 1.165) is 5.56 Å². The lowest BCUT2D eigenvalue weighted by molar-refractivity contribution is -0.483. The van der Waals surface area contributed by atoms with E-state index in [9.17, 15) is 14.9 Å². The third-order valence-corrected chi connectivity index (χ3v) is 2.17. The van der Waals surface area contributed by atoms with Crippen molar-refractivity contribution in [3.05, 3.63) is 46.0 Å². The Kier molecular flexibility index (Phi) is 3.97. The normalized spacial score (nSPS) is 12.1. The van der Waals surface area contributed by atoms with E-state index < -0.39 is 0 Å². The van der Waals surface area contributed by atoms with E-state index >= 15 is 0 Å². The summed E-state index contributed by atoms with van der Waals surface area (Å²) < 4.78 is 0. The molecule has 0 saturated carbocycles. The van der Waals surface area contributed by atoms with Crippen LogP contribution in [0.3, 0.4) is 0 Å². The molecule has 1 rings (SSSR count). The Morgan fingerprint density at radius 3 is 2.47 bits per heavy atom. The maximum absolute atomic E-state index is 11.0. The van der Waals surface area contributed by atoms with E-state index in [0.29, 0.717) is 0 Å². The van der Waals surface area contributed by atoms with Gasteiger partial charge in [-0.15, -0.1) is 0 Å². The summed E-state index contributed by atoms with van der Waals surface area (Å²) in [6.45, 7) is 1.26. The van der Waals surface area contributed by atoms with Crippen molar-refractivity contribution in [2.75, 3.05) is 6.54 Å². The van der Waals surface area contributed by atoms with E-state index in [1.807, 2.05) is 30.3 Å². The van der Waals surface area contributed by atoms with Gasteiger partial charge in [0, 0.05) is 11.3 Å². The number of benzene rings is 1. The van der Waals surface area contributed by atoms with Crippen LogP contribution in [-0.2, 0) is 4.79 Å². The zero-order valence-corrected chi connectivity index (χ0v) is 8.55. The SMILES string of the molecule is CC(=O)C[C@H](C[N+](=O)[O-])c1ccccc1. The second-order valence-electron chi connectivity index (χ2n) is 3.53. The summed E-state index contributed by atoms with van der Waals surface area (Å²) in [5.74, 6) is -0.329. The fourth-order valence-electron chi connectivity index (χ4n) is 1.54. The van der Waals surface area contributed by atoms with Gasteiger partial charge in [-0.05, 0) is 12.5 Å². The fourth-order valence-corrected chi connectivity index (χ4v) is 1.54. The molecule has 80 valence electrons. The van der Waals surface area contributed by atoms with Crippen LogP contribution in [0.4, 0.5) is 0 Å². The highest BCUT2D eigenvalue weighted by Gasteiger charge is 2.19. The highest BCUT2D eigenvalue weighted by Crippen LogP contribution is 2.19. The largest absolute Gasteiger partial charge is 0.300 e. The zero-order valence-electron chi connectivity index (χ0n) is 8.55. The fraction of sp³-hybridized carbons (Fsp3) is 0.364. The average Bonchev–Trinajstić information content (AvgIpc) is 2.17. The van der Waals surface area contributed by atoms with E-state index in [-0.39, 0.29) is 29.6 Å². The number of rotatable bonds is 5. The molecule has 0 unspecified atom stereocenters. The number of ketones is 1. The highest BCUT2D eigenvalue weighted by molar-refractivity contribution is 5.76. The van der Waals surface area contributed by atoms with Gasteiger partial charge in [0.1, 0.15) is 5.78 Å². The van der Waals surface area contributed by atoms with Gasteiger partial charge in [-0.1, -0.05) is 30.3 Å². The topological polar surface area (TPSA) is 60.2 Å². The summed E-state index contributed by atoms with van der Waals surface area (Å²) >= 11 is 0. The monoisotopic (exact) mass is 207 g/mol. The lowest BCUT2D eigenvalue weighted by Gasteiger charge is -2.10. The second-order valence-corrected chi connectivity index (χ2v) is 3.53. The van der Waals surface area contributed by atoms with Crippen molar-refractivity contribution >= 4 is 5.78 Å². The van der Waals surface area contributed by atoms with Crippen LogP contribution in [0, 0.1) is 10.1 Å². The number of nitrogens with zero attached hydrogens (tertiary/aromatic N) is 1. The van der Waals surface area contributed by atoms with Gasteiger partial charge in [0.15, 0.2) is 0 Å². The molecule has 0 N–H and O–H groups in total. The predicted molar refractivity (Wildman–Crippen MR) is 56.3 cm³/mol. The van der Waals surface area contributed by atoms with Gasteiger partial charge >= 0.3 is 0 Å². The maximum Gasteiger partial charge on any atom is 0.211 e. The summed E-state index contributed by atoms with van der Waals surface area (Å²) in [6.07, 6.45) is 0.227. The average molecular weight is 207 g/mol. The lowest BCUT2D eigenvalue weighted by Crippen LogP contribution is -2.15. The number of hydrogen-bond donors (Lipinski definition) is 0. The molecular formula is C11H13NO3. The molecule has 0 bridgehead atoms. The Morgan fingerprint density at radius 1 is 1.40 bits per heavy atom. The molecule has 0 aliphatic rings. The smallest absolute Gasteiger partial charge is 0.211 e. The first-order chi connectivity index (χ1) is 7.09. The van der Waals surface area contributed by atoms with Crippen LogP contribution in [0.25, 0.3) is 0 Å². The van der Waals surface area contributed by atoms with Gasteiger partial charge in [-0.2, -0.15) is 0 Å². The number of carbonyl (C=O) groups is 1. The van der Waals surface area contributed by atoms with Crippen LogP contribution in [-0.4, -0.2) is 17.3 Å². The van der Waals surface area contributed by atoms with Crippen molar-refractivity contribution in [2.24, 2.45) is 0 Å². The van der Waals surface area contributed by atoms with Crippen LogP contribution in [0.2, 0.25) is 0 Å². The summed E-state index contributed by atoms with van der Waals surface area (Å²) in [5.41, 5.74) is 0.851. The summed E-state index contributed by atoms with van der Waals surface area (Å²) in [7, 11) is 0. The van der Waals surface area contributed by atoms with E-state index in [1.54, 1.807) is 0 Å². The molecule has 0 radical (unpaired) electrons. The van der Waals surface area contributed by atoms with Crippen molar-refractivity contribution in [1.82, 2.24) is 0 Å². The predicted octanol–water partition coefficient (Wildman–Crippen LogP) is 2.03. The van der Waals surface area contributed by atoms with Gasteiger partial charge in [0.05, 0.1) is 5.92 Å². The first-order valence-corrected chi connectivity index (χ1v) is 4.75. The molecule has 15 heavy (non-hydrogen) atoms. The molecule has 0 aliphatic heterocycles. The van der Waals surface area contributed by atoms with E-state index in [4.69, 9.17) is 0 Å². The van der Waals surface area contributed by atoms with Crippen LogP contribution >= 0.6 is 0 Å². The van der Waals surface area contributed by atoms with Crippen LogP contribution in [0.5, 0.6) is 0 Å². The standard InChI is InChI=1S/C11H13NO3/c1-9(13)7-11(8-12(14)15)10-5-3-2-4-6-10/h2-6,11H,7-8H2,1H3/t11-/m1/s1. The number of nitro groups is 1. The third-order valence-electron chi connectivity index (χ3n) is 2.17. The molecule has 0 fully saturated rings. The molecule has 1 atom stereocenters. The summed E-state index contributed by atoms with van der Waals surface area (Å²) in [4.78, 5) is 21.1.